The predicted molar refractivity (Wildman–Crippen MR) is 89.3 cm³/mol. The van der Waals surface area contributed by atoms with Crippen molar-refractivity contribution in [3.05, 3.63) is 41.5 Å². The molecule has 2 rings (SSSR count). The van der Waals surface area contributed by atoms with Crippen LogP contribution in [0, 0.1) is 5.92 Å². The summed E-state index contributed by atoms with van der Waals surface area (Å²) in [7, 11) is 0. The minimum Gasteiger partial charge on any atom is -0.382 e. The fourth-order valence-corrected chi connectivity index (χ4v) is 3.01. The molecule has 0 spiro atoms. The van der Waals surface area contributed by atoms with Crippen LogP contribution in [0.2, 0.25) is 0 Å². The molecule has 0 radical (unpaired) electrons. The summed E-state index contributed by atoms with van der Waals surface area (Å²) in [5, 5.41) is 3.43. The van der Waals surface area contributed by atoms with Gasteiger partial charge in [0.15, 0.2) is 0 Å². The van der Waals surface area contributed by atoms with E-state index in [4.69, 9.17) is 0 Å². The number of hydrogen-bond acceptors (Lipinski definition) is 1. The van der Waals surface area contributed by atoms with E-state index in [1.54, 1.807) is 0 Å². The third-order valence-electron chi connectivity index (χ3n) is 4.34. The lowest BCUT2D eigenvalue weighted by atomic mass is 9.85. The van der Waals surface area contributed by atoms with Crippen molar-refractivity contribution in [2.75, 3.05) is 11.9 Å². The van der Waals surface area contributed by atoms with Crippen molar-refractivity contribution in [2.24, 2.45) is 5.92 Å². The van der Waals surface area contributed by atoms with Gasteiger partial charge in [0.2, 0.25) is 0 Å². The van der Waals surface area contributed by atoms with Gasteiger partial charge in [-0.25, -0.2) is 0 Å². The lowest BCUT2D eigenvalue weighted by Gasteiger charge is -2.21. The van der Waals surface area contributed by atoms with Gasteiger partial charge in [0, 0.05) is 12.2 Å². The van der Waals surface area contributed by atoms with Gasteiger partial charge in [-0.2, -0.15) is 0 Å². The first-order valence-electron chi connectivity index (χ1n) is 8.20. The Kier molecular flexibility index (Phi) is 6.17. The van der Waals surface area contributed by atoms with Gasteiger partial charge in [0.25, 0.3) is 0 Å². The van der Waals surface area contributed by atoms with Crippen molar-refractivity contribution in [3.8, 4) is 0 Å². The van der Waals surface area contributed by atoms with Crippen LogP contribution in [0.1, 0.15) is 57.9 Å². The van der Waals surface area contributed by atoms with Crippen LogP contribution in [0.4, 0.5) is 5.69 Å². The lowest BCUT2D eigenvalue weighted by Crippen LogP contribution is -2.07. The van der Waals surface area contributed by atoms with Crippen molar-refractivity contribution >= 4 is 5.69 Å². The Morgan fingerprint density at radius 3 is 2.45 bits per heavy atom. The average Bonchev–Trinajstić information content (AvgIpc) is 2.47. The Bertz CT molecular complexity index is 406. The van der Waals surface area contributed by atoms with E-state index in [1.807, 2.05) is 0 Å². The van der Waals surface area contributed by atoms with Gasteiger partial charge in [0.1, 0.15) is 0 Å². The topological polar surface area (TPSA) is 12.0 Å². The maximum atomic E-state index is 3.43. The summed E-state index contributed by atoms with van der Waals surface area (Å²) in [4.78, 5) is 0. The molecule has 20 heavy (non-hydrogen) atoms. The predicted octanol–water partition coefficient (Wildman–Crippen LogP) is 5.58. The lowest BCUT2D eigenvalue weighted by molar-refractivity contribution is 0.339. The zero-order valence-electron chi connectivity index (χ0n) is 13.1. The molecule has 1 aliphatic rings. The van der Waals surface area contributed by atoms with Gasteiger partial charge in [-0.15, -0.1) is 0 Å². The Labute approximate surface area is 124 Å². The van der Waals surface area contributed by atoms with Crippen molar-refractivity contribution in [1.29, 1.82) is 0 Å². The van der Waals surface area contributed by atoms with E-state index in [9.17, 15) is 0 Å². The molecule has 0 aliphatic heterocycles. The second kappa shape index (κ2) is 8.14. The summed E-state index contributed by atoms with van der Waals surface area (Å²) in [6, 6.07) is 9.01. The van der Waals surface area contributed by atoms with Crippen molar-refractivity contribution in [2.45, 2.75) is 58.8 Å². The number of anilines is 1. The zero-order chi connectivity index (χ0) is 14.2. The SMILES string of the molecule is CC(C)=CCNc1ccc(CCC2CCCCC2)cc1. The van der Waals surface area contributed by atoms with Crippen LogP contribution in [0.3, 0.4) is 0 Å². The van der Waals surface area contributed by atoms with Gasteiger partial charge in [0.05, 0.1) is 0 Å². The first kappa shape index (κ1) is 15.2. The van der Waals surface area contributed by atoms with Gasteiger partial charge in [-0.3, -0.25) is 0 Å². The summed E-state index contributed by atoms with van der Waals surface area (Å²) in [5.41, 5.74) is 4.08. The number of rotatable bonds is 6. The summed E-state index contributed by atoms with van der Waals surface area (Å²) in [6.07, 6.45) is 12.1. The Hall–Kier alpha value is -1.24. The van der Waals surface area contributed by atoms with E-state index in [0.717, 1.165) is 12.5 Å². The van der Waals surface area contributed by atoms with Crippen LogP contribution in [-0.4, -0.2) is 6.54 Å². The number of nitrogens with one attached hydrogen (secondary N) is 1. The molecule has 0 amide bonds. The van der Waals surface area contributed by atoms with Gasteiger partial charge >= 0.3 is 0 Å². The van der Waals surface area contributed by atoms with Crippen molar-refractivity contribution < 1.29 is 0 Å². The highest BCUT2D eigenvalue weighted by Gasteiger charge is 2.12. The molecule has 1 aliphatic carbocycles. The molecule has 0 atom stereocenters. The molecule has 1 nitrogen and oxygen atoms in total. The molecule has 0 aromatic heterocycles. The molecule has 1 fully saturated rings. The average molecular weight is 271 g/mol. The zero-order valence-corrected chi connectivity index (χ0v) is 13.1. The van der Waals surface area contributed by atoms with Gasteiger partial charge < -0.3 is 5.32 Å². The third-order valence-corrected chi connectivity index (χ3v) is 4.34. The van der Waals surface area contributed by atoms with Crippen LogP contribution in [0.15, 0.2) is 35.9 Å². The molecular formula is C19H29N. The quantitative estimate of drug-likeness (QED) is 0.666. The van der Waals surface area contributed by atoms with Crippen LogP contribution in [0.5, 0.6) is 0 Å². The Morgan fingerprint density at radius 2 is 1.80 bits per heavy atom. The third kappa shape index (κ3) is 5.40. The van der Waals surface area contributed by atoms with E-state index < -0.39 is 0 Å². The molecule has 1 heteroatoms. The van der Waals surface area contributed by atoms with Crippen LogP contribution < -0.4 is 5.32 Å². The highest BCUT2D eigenvalue weighted by Crippen LogP contribution is 2.27. The minimum atomic E-state index is 0.920. The number of hydrogen-bond donors (Lipinski definition) is 1. The molecule has 0 bridgehead atoms. The molecule has 1 aromatic carbocycles. The standard InChI is InChI=1S/C19H29N/c1-16(2)14-15-20-19-12-10-18(11-13-19)9-8-17-6-4-3-5-7-17/h10-14,17,20H,3-9,15H2,1-2H3. The molecular weight excluding hydrogens is 242 g/mol. The van der Waals surface area contributed by atoms with Crippen LogP contribution in [0.25, 0.3) is 0 Å². The monoisotopic (exact) mass is 271 g/mol. The second-order valence-electron chi connectivity index (χ2n) is 6.40. The van der Waals surface area contributed by atoms with Gasteiger partial charge in [-0.1, -0.05) is 55.9 Å². The summed E-state index contributed by atoms with van der Waals surface area (Å²) >= 11 is 0. The fraction of sp³-hybridized carbons (Fsp3) is 0.579. The van der Waals surface area contributed by atoms with Gasteiger partial charge in [-0.05, 0) is 50.3 Å². The molecule has 1 aromatic rings. The number of aryl methyl sites for hydroxylation is 1. The number of allylic oxidation sites excluding steroid dienone is 1. The smallest absolute Gasteiger partial charge is 0.0342 e. The fourth-order valence-electron chi connectivity index (χ4n) is 3.01. The Morgan fingerprint density at radius 1 is 1.10 bits per heavy atom. The first-order valence-corrected chi connectivity index (χ1v) is 8.20. The first-order chi connectivity index (χ1) is 9.74. The van der Waals surface area contributed by atoms with Crippen molar-refractivity contribution in [3.63, 3.8) is 0 Å². The van der Waals surface area contributed by atoms with E-state index in [0.29, 0.717) is 0 Å². The normalized spacial score (nSPS) is 15.9. The summed E-state index contributed by atoms with van der Waals surface area (Å²) < 4.78 is 0. The van der Waals surface area contributed by atoms with E-state index in [2.05, 4.69) is 49.5 Å². The molecule has 1 N–H and O–H groups in total. The summed E-state index contributed by atoms with van der Waals surface area (Å²) in [6.45, 7) is 5.19. The highest BCUT2D eigenvalue weighted by atomic mass is 14.8. The van der Waals surface area contributed by atoms with E-state index >= 15 is 0 Å². The molecule has 1 saturated carbocycles. The number of benzene rings is 1. The van der Waals surface area contributed by atoms with E-state index in [-0.39, 0.29) is 0 Å². The highest BCUT2D eigenvalue weighted by molar-refractivity contribution is 5.45. The van der Waals surface area contributed by atoms with Crippen LogP contribution >= 0.6 is 0 Å². The maximum absolute atomic E-state index is 3.43. The van der Waals surface area contributed by atoms with Crippen LogP contribution in [-0.2, 0) is 6.42 Å². The minimum absolute atomic E-state index is 0.920. The molecule has 0 heterocycles. The Balaban J connectivity index is 1.74. The summed E-state index contributed by atoms with van der Waals surface area (Å²) in [5.74, 6) is 0.985. The second-order valence-corrected chi connectivity index (χ2v) is 6.40. The van der Waals surface area contributed by atoms with E-state index in [1.165, 1.54) is 61.8 Å². The van der Waals surface area contributed by atoms with Crippen molar-refractivity contribution in [1.82, 2.24) is 0 Å². The largest absolute Gasteiger partial charge is 0.382 e. The molecule has 0 saturated heterocycles. The molecule has 110 valence electrons. The molecule has 0 unspecified atom stereocenters. The maximum Gasteiger partial charge on any atom is 0.0342 e.